The molecule has 1 amide bonds. The van der Waals surface area contributed by atoms with Gasteiger partial charge in [0.15, 0.2) is 0 Å². The van der Waals surface area contributed by atoms with Gasteiger partial charge in [0, 0.05) is 37.4 Å². The van der Waals surface area contributed by atoms with Crippen molar-refractivity contribution in [3.63, 3.8) is 0 Å². The maximum Gasteiger partial charge on any atom is 0.673 e. The molecule has 0 aliphatic heterocycles. The molecule has 3 rings (SSSR count). The number of carbonyl (C=O) groups excluding carboxylic acids is 1. The standard InChI is InChI=1S/C26H32N5O3.BF4/c1-19-15-24(22-9-10-23-18-25(33-4)12-11-21(23)17-22)16-20(2)31(19)30(3)26(32)34-14-8-6-5-7-13-28-29-27;2-1(3,4)5/h9-12,15-18H,5-8,13-14H2,1-4H3;/q+1;-1. The Hall–Kier alpha value is -3.99. The second-order valence-corrected chi connectivity index (χ2v) is 8.77. The molecule has 210 valence electrons. The fourth-order valence-corrected chi connectivity index (χ4v) is 4.08. The molecule has 1 heterocycles. The number of fused-ring (bicyclic) bond motifs is 1. The summed E-state index contributed by atoms with van der Waals surface area (Å²) in [6.45, 7) is 4.84. The molecule has 39 heavy (non-hydrogen) atoms. The normalized spacial score (nSPS) is 10.8. The topological polar surface area (TPSA) is 91.4 Å². The van der Waals surface area contributed by atoms with Gasteiger partial charge in [0.1, 0.15) is 5.75 Å². The smallest absolute Gasteiger partial charge is 0.497 e. The Morgan fingerprint density at radius 3 is 2.15 bits per heavy atom. The fraction of sp³-hybridized carbons (Fsp3) is 0.385. The van der Waals surface area contributed by atoms with Crippen LogP contribution >= 0.6 is 0 Å². The first-order valence-electron chi connectivity index (χ1n) is 12.3. The molecule has 0 spiro atoms. The number of unbranched alkanes of at least 4 members (excludes halogenated alkanes) is 3. The number of aryl methyl sites for hydroxylation is 2. The van der Waals surface area contributed by atoms with Crippen LogP contribution in [0.25, 0.3) is 32.3 Å². The molecule has 3 aromatic rings. The highest BCUT2D eigenvalue weighted by Crippen LogP contribution is 2.27. The number of benzene rings is 2. The minimum absolute atomic E-state index is 0.364. The van der Waals surface area contributed by atoms with Crippen LogP contribution in [-0.2, 0) is 4.74 Å². The highest BCUT2D eigenvalue weighted by molar-refractivity contribution is 6.50. The van der Waals surface area contributed by atoms with Crippen molar-refractivity contribution < 1.29 is 36.2 Å². The highest BCUT2D eigenvalue weighted by atomic mass is 19.5. The van der Waals surface area contributed by atoms with Crippen LogP contribution in [0.5, 0.6) is 5.75 Å². The molecule has 0 fully saturated rings. The summed E-state index contributed by atoms with van der Waals surface area (Å²) in [4.78, 5) is 15.3. The Kier molecular flexibility index (Phi) is 11.9. The van der Waals surface area contributed by atoms with Gasteiger partial charge in [-0.15, -0.1) is 0 Å². The van der Waals surface area contributed by atoms with Gasteiger partial charge in [-0.05, 0) is 58.5 Å². The number of methoxy groups -OCH3 is 1. The van der Waals surface area contributed by atoms with E-state index in [9.17, 15) is 22.1 Å². The number of ether oxygens (including phenoxy) is 2. The van der Waals surface area contributed by atoms with E-state index in [-0.39, 0.29) is 0 Å². The first-order chi connectivity index (χ1) is 18.4. The summed E-state index contributed by atoms with van der Waals surface area (Å²) >= 11 is 0. The van der Waals surface area contributed by atoms with Crippen molar-refractivity contribution in [3.05, 3.63) is 70.4 Å². The maximum absolute atomic E-state index is 12.6. The summed E-state index contributed by atoms with van der Waals surface area (Å²) in [6.07, 6.45) is 3.12. The van der Waals surface area contributed by atoms with E-state index in [4.69, 9.17) is 15.0 Å². The summed E-state index contributed by atoms with van der Waals surface area (Å²) < 4.78 is 51.6. The number of carbonyl (C=O) groups is 1. The van der Waals surface area contributed by atoms with Crippen molar-refractivity contribution in [3.8, 4) is 16.9 Å². The quantitative estimate of drug-likeness (QED) is 0.0506. The van der Waals surface area contributed by atoms with E-state index in [2.05, 4.69) is 46.4 Å². The lowest BCUT2D eigenvalue weighted by Gasteiger charge is -2.15. The fourth-order valence-electron chi connectivity index (χ4n) is 4.08. The highest BCUT2D eigenvalue weighted by Gasteiger charge is 2.25. The van der Waals surface area contributed by atoms with E-state index in [1.807, 2.05) is 30.7 Å². The molecule has 2 aromatic carbocycles. The predicted octanol–water partition coefficient (Wildman–Crippen LogP) is 7.29. The number of nitrogens with zero attached hydrogens (tertiary/aromatic N) is 5. The summed E-state index contributed by atoms with van der Waals surface area (Å²) in [5, 5.41) is 7.29. The molecule has 0 radical (unpaired) electrons. The van der Waals surface area contributed by atoms with Crippen LogP contribution in [0, 0.1) is 13.8 Å². The number of aromatic nitrogens is 1. The molecule has 0 aliphatic carbocycles. The van der Waals surface area contributed by atoms with Crippen LogP contribution in [0.2, 0.25) is 0 Å². The van der Waals surface area contributed by atoms with Gasteiger partial charge in [0.2, 0.25) is 11.4 Å². The van der Waals surface area contributed by atoms with Gasteiger partial charge >= 0.3 is 13.3 Å². The molecule has 0 saturated heterocycles. The van der Waals surface area contributed by atoms with Crippen LogP contribution in [-0.4, -0.2) is 40.7 Å². The van der Waals surface area contributed by atoms with E-state index in [0.717, 1.165) is 64.7 Å². The second kappa shape index (κ2) is 14.8. The van der Waals surface area contributed by atoms with E-state index in [1.165, 1.54) is 5.01 Å². The van der Waals surface area contributed by atoms with Crippen molar-refractivity contribution in [2.24, 2.45) is 5.11 Å². The van der Waals surface area contributed by atoms with Crippen molar-refractivity contribution in [2.45, 2.75) is 39.5 Å². The molecular formula is C26H32BF4N5O3. The lowest BCUT2D eigenvalue weighted by molar-refractivity contribution is -0.692. The number of rotatable bonds is 10. The van der Waals surface area contributed by atoms with E-state index in [1.54, 1.807) is 14.2 Å². The van der Waals surface area contributed by atoms with Crippen LogP contribution in [0.4, 0.5) is 22.1 Å². The van der Waals surface area contributed by atoms with Gasteiger partial charge in [-0.3, -0.25) is 0 Å². The molecule has 0 aliphatic rings. The molecule has 8 nitrogen and oxygen atoms in total. The third-order valence-electron chi connectivity index (χ3n) is 5.78. The average Bonchev–Trinajstić information content (AvgIpc) is 2.87. The number of hydrogen-bond acceptors (Lipinski definition) is 4. The Bertz CT molecular complexity index is 1290. The SMILES string of the molecule is COc1ccc2cc(-c3cc(C)[n+](N(C)C(=O)OCCCCCCN=[N+]=[N-])c(C)c3)ccc2c1.F[B-](F)(F)F. The molecule has 1 aromatic heterocycles. The number of halogens is 4. The van der Waals surface area contributed by atoms with Gasteiger partial charge < -0.3 is 26.7 Å². The van der Waals surface area contributed by atoms with Crippen molar-refractivity contribution in [1.82, 2.24) is 0 Å². The predicted molar refractivity (Wildman–Crippen MR) is 144 cm³/mol. The zero-order valence-electron chi connectivity index (χ0n) is 22.4. The van der Waals surface area contributed by atoms with Gasteiger partial charge in [0.05, 0.1) is 20.8 Å². The summed E-state index contributed by atoms with van der Waals surface area (Å²) in [6, 6.07) is 16.6. The largest absolute Gasteiger partial charge is 0.673 e. The van der Waals surface area contributed by atoms with E-state index in [0.29, 0.717) is 13.2 Å². The van der Waals surface area contributed by atoms with Gasteiger partial charge in [0.25, 0.3) is 0 Å². The van der Waals surface area contributed by atoms with Crippen LogP contribution in [0.3, 0.4) is 0 Å². The molecule has 0 atom stereocenters. The monoisotopic (exact) mass is 549 g/mol. The maximum atomic E-state index is 12.6. The first kappa shape index (κ1) is 31.2. The zero-order chi connectivity index (χ0) is 29.0. The molecule has 0 bridgehead atoms. The van der Waals surface area contributed by atoms with E-state index < -0.39 is 13.3 Å². The number of amides is 1. The molecule has 0 N–H and O–H groups in total. The van der Waals surface area contributed by atoms with Crippen LogP contribution in [0.15, 0.2) is 53.6 Å². The third-order valence-corrected chi connectivity index (χ3v) is 5.78. The van der Waals surface area contributed by atoms with Crippen molar-refractivity contribution >= 4 is 24.1 Å². The zero-order valence-corrected chi connectivity index (χ0v) is 22.4. The van der Waals surface area contributed by atoms with Crippen LogP contribution < -0.4 is 14.4 Å². The van der Waals surface area contributed by atoms with Gasteiger partial charge in [-0.25, -0.2) is 4.79 Å². The summed E-state index contributed by atoms with van der Waals surface area (Å²) in [5.74, 6) is 0.841. The molecular weight excluding hydrogens is 517 g/mol. The molecule has 0 saturated carbocycles. The second-order valence-electron chi connectivity index (χ2n) is 8.77. The molecule has 13 heteroatoms. The lowest BCUT2D eigenvalue weighted by atomic mass is 10.0. The first-order valence-corrected chi connectivity index (χ1v) is 12.3. The number of pyridine rings is 1. The Balaban J connectivity index is 0.000000976. The minimum atomic E-state index is -6.00. The number of azide groups is 1. The van der Waals surface area contributed by atoms with Crippen molar-refractivity contribution in [1.29, 1.82) is 0 Å². The van der Waals surface area contributed by atoms with Gasteiger partial charge in [-0.2, -0.15) is 0 Å². The average molecular weight is 549 g/mol. The third kappa shape index (κ3) is 10.4. The Morgan fingerprint density at radius 2 is 1.54 bits per heavy atom. The van der Waals surface area contributed by atoms with E-state index >= 15 is 0 Å². The van der Waals surface area contributed by atoms with Crippen LogP contribution in [0.1, 0.15) is 37.1 Å². The Morgan fingerprint density at radius 1 is 0.949 bits per heavy atom. The lowest BCUT2D eigenvalue weighted by Crippen LogP contribution is -2.62. The minimum Gasteiger partial charge on any atom is -0.497 e. The van der Waals surface area contributed by atoms with Crippen molar-refractivity contribution in [2.75, 3.05) is 32.3 Å². The Labute approximate surface area is 224 Å². The molecule has 0 unspecified atom stereocenters. The van der Waals surface area contributed by atoms with Gasteiger partial charge in [-0.1, -0.05) is 45.8 Å². The summed E-state index contributed by atoms with van der Waals surface area (Å²) in [5.41, 5.74) is 12.3. The summed E-state index contributed by atoms with van der Waals surface area (Å²) in [7, 11) is -2.62. The number of hydrogen-bond donors (Lipinski definition) is 0.